The summed E-state index contributed by atoms with van der Waals surface area (Å²) >= 11 is 0. The molecule has 2 rings (SSSR count). The third-order valence-electron chi connectivity index (χ3n) is 4.10. The molecular formula is C14H26N2O3. The summed E-state index contributed by atoms with van der Waals surface area (Å²) in [5.74, 6) is 0.262. The maximum atomic E-state index is 11.7. The standard InChI is InChI=1S/C14H26N2O3/c1-10(2)16-14(13(15)17)5-3-12(7-14)19-9-11-4-6-18-8-11/h10-12,16H,3-9H2,1-2H3,(H2,15,17). The Hall–Kier alpha value is -0.650. The minimum atomic E-state index is -0.578. The van der Waals surface area contributed by atoms with Crippen molar-refractivity contribution in [3.05, 3.63) is 0 Å². The number of nitrogens with two attached hydrogens (primary N) is 1. The van der Waals surface area contributed by atoms with Gasteiger partial charge >= 0.3 is 0 Å². The molecular weight excluding hydrogens is 244 g/mol. The van der Waals surface area contributed by atoms with Gasteiger partial charge in [0.1, 0.15) is 5.54 Å². The van der Waals surface area contributed by atoms with E-state index in [2.05, 4.69) is 5.32 Å². The van der Waals surface area contributed by atoms with Crippen molar-refractivity contribution in [2.45, 2.75) is 57.2 Å². The van der Waals surface area contributed by atoms with Gasteiger partial charge in [-0.3, -0.25) is 4.79 Å². The van der Waals surface area contributed by atoms with Crippen molar-refractivity contribution in [1.29, 1.82) is 0 Å². The Bertz CT molecular complexity index is 316. The van der Waals surface area contributed by atoms with Crippen LogP contribution in [0.2, 0.25) is 0 Å². The maximum absolute atomic E-state index is 11.7. The fraction of sp³-hybridized carbons (Fsp3) is 0.929. The van der Waals surface area contributed by atoms with Gasteiger partial charge < -0.3 is 20.5 Å². The lowest BCUT2D eigenvalue weighted by molar-refractivity contribution is -0.125. The second-order valence-electron chi connectivity index (χ2n) is 6.17. The summed E-state index contributed by atoms with van der Waals surface area (Å²) in [5, 5.41) is 3.33. The van der Waals surface area contributed by atoms with Gasteiger partial charge in [-0.25, -0.2) is 0 Å². The lowest BCUT2D eigenvalue weighted by Crippen LogP contribution is -2.56. The van der Waals surface area contributed by atoms with E-state index in [1.807, 2.05) is 13.8 Å². The van der Waals surface area contributed by atoms with Crippen LogP contribution in [0.4, 0.5) is 0 Å². The van der Waals surface area contributed by atoms with Gasteiger partial charge in [0.05, 0.1) is 19.3 Å². The lowest BCUT2D eigenvalue weighted by atomic mass is 9.95. The first-order chi connectivity index (χ1) is 9.02. The molecule has 1 amide bonds. The number of carbonyl (C=O) groups is 1. The van der Waals surface area contributed by atoms with E-state index in [-0.39, 0.29) is 18.1 Å². The number of hydrogen-bond acceptors (Lipinski definition) is 4. The molecule has 0 aromatic rings. The van der Waals surface area contributed by atoms with Crippen LogP contribution in [0.1, 0.15) is 39.5 Å². The zero-order chi connectivity index (χ0) is 13.9. The van der Waals surface area contributed by atoms with Crippen LogP contribution in [-0.2, 0) is 14.3 Å². The molecule has 3 N–H and O–H groups in total. The van der Waals surface area contributed by atoms with Gasteiger partial charge in [0.15, 0.2) is 0 Å². The highest BCUT2D eigenvalue weighted by atomic mass is 16.5. The van der Waals surface area contributed by atoms with E-state index in [0.29, 0.717) is 12.3 Å². The molecule has 1 aliphatic heterocycles. The average molecular weight is 270 g/mol. The van der Waals surface area contributed by atoms with E-state index in [9.17, 15) is 4.79 Å². The molecule has 0 aromatic carbocycles. The van der Waals surface area contributed by atoms with E-state index < -0.39 is 5.54 Å². The summed E-state index contributed by atoms with van der Waals surface area (Å²) in [6.07, 6.45) is 3.58. The quantitative estimate of drug-likeness (QED) is 0.749. The van der Waals surface area contributed by atoms with Gasteiger partial charge in [-0.15, -0.1) is 0 Å². The summed E-state index contributed by atoms with van der Waals surface area (Å²) in [6.45, 7) is 6.46. The first kappa shape index (κ1) is 14.8. The van der Waals surface area contributed by atoms with Crippen LogP contribution < -0.4 is 11.1 Å². The highest BCUT2D eigenvalue weighted by Gasteiger charge is 2.44. The van der Waals surface area contributed by atoms with E-state index in [4.69, 9.17) is 15.2 Å². The Morgan fingerprint density at radius 3 is 2.89 bits per heavy atom. The number of nitrogens with one attached hydrogen (secondary N) is 1. The summed E-state index contributed by atoms with van der Waals surface area (Å²) in [6, 6.07) is 0.245. The van der Waals surface area contributed by atoms with Crippen LogP contribution >= 0.6 is 0 Å². The molecule has 1 aliphatic carbocycles. The molecule has 19 heavy (non-hydrogen) atoms. The highest BCUT2D eigenvalue weighted by molar-refractivity contribution is 5.85. The van der Waals surface area contributed by atoms with Gasteiger partial charge in [-0.2, -0.15) is 0 Å². The Labute approximate surface area is 115 Å². The zero-order valence-electron chi connectivity index (χ0n) is 12.0. The van der Waals surface area contributed by atoms with Crippen molar-refractivity contribution in [1.82, 2.24) is 5.32 Å². The van der Waals surface area contributed by atoms with Crippen molar-refractivity contribution in [3.8, 4) is 0 Å². The third-order valence-corrected chi connectivity index (χ3v) is 4.10. The molecule has 2 aliphatic rings. The third kappa shape index (κ3) is 3.68. The van der Waals surface area contributed by atoms with Gasteiger partial charge in [0.2, 0.25) is 5.91 Å². The molecule has 1 saturated carbocycles. The smallest absolute Gasteiger partial charge is 0.237 e. The Kier molecular flexibility index (Phi) is 4.81. The molecule has 0 aromatic heterocycles. The average Bonchev–Trinajstić information content (AvgIpc) is 2.95. The summed E-state index contributed by atoms with van der Waals surface area (Å²) in [4.78, 5) is 11.7. The molecule has 0 spiro atoms. The number of amides is 1. The first-order valence-electron chi connectivity index (χ1n) is 7.29. The second kappa shape index (κ2) is 6.20. The number of ether oxygens (including phenoxy) is 2. The van der Waals surface area contributed by atoms with E-state index >= 15 is 0 Å². The predicted octanol–water partition coefficient (Wildman–Crippen LogP) is 0.814. The van der Waals surface area contributed by atoms with E-state index in [0.717, 1.165) is 39.1 Å². The van der Waals surface area contributed by atoms with E-state index in [1.54, 1.807) is 0 Å². The Balaban J connectivity index is 1.83. The molecule has 2 fully saturated rings. The number of hydrogen-bond donors (Lipinski definition) is 2. The van der Waals surface area contributed by atoms with Crippen LogP contribution in [0.3, 0.4) is 0 Å². The fourth-order valence-corrected chi connectivity index (χ4v) is 3.11. The van der Waals surface area contributed by atoms with Crippen molar-refractivity contribution >= 4 is 5.91 Å². The van der Waals surface area contributed by atoms with Gasteiger partial charge in [-0.05, 0) is 33.1 Å². The van der Waals surface area contributed by atoms with Crippen molar-refractivity contribution in [2.75, 3.05) is 19.8 Å². The highest BCUT2D eigenvalue weighted by Crippen LogP contribution is 2.33. The van der Waals surface area contributed by atoms with Crippen LogP contribution in [0.5, 0.6) is 0 Å². The summed E-state index contributed by atoms with van der Waals surface area (Å²) in [5.41, 5.74) is 5.01. The number of primary amides is 1. The van der Waals surface area contributed by atoms with Crippen LogP contribution in [0, 0.1) is 5.92 Å². The van der Waals surface area contributed by atoms with Crippen molar-refractivity contribution in [3.63, 3.8) is 0 Å². The normalized spacial score (nSPS) is 35.1. The number of carbonyl (C=O) groups excluding carboxylic acids is 1. The minimum Gasteiger partial charge on any atom is -0.381 e. The molecule has 0 bridgehead atoms. The molecule has 3 unspecified atom stereocenters. The fourth-order valence-electron chi connectivity index (χ4n) is 3.11. The van der Waals surface area contributed by atoms with Crippen LogP contribution in [0.25, 0.3) is 0 Å². The summed E-state index contributed by atoms with van der Waals surface area (Å²) in [7, 11) is 0. The van der Waals surface area contributed by atoms with Gasteiger partial charge in [-0.1, -0.05) is 0 Å². The van der Waals surface area contributed by atoms with Crippen LogP contribution in [-0.4, -0.2) is 43.4 Å². The summed E-state index contributed by atoms with van der Waals surface area (Å²) < 4.78 is 11.3. The Morgan fingerprint density at radius 2 is 2.32 bits per heavy atom. The topological polar surface area (TPSA) is 73.6 Å². The number of rotatable bonds is 6. The lowest BCUT2D eigenvalue weighted by Gasteiger charge is -2.29. The molecule has 5 nitrogen and oxygen atoms in total. The molecule has 110 valence electrons. The SMILES string of the molecule is CC(C)NC1(C(N)=O)CCC(OCC2CCOC2)C1. The maximum Gasteiger partial charge on any atom is 0.237 e. The predicted molar refractivity (Wildman–Crippen MR) is 72.7 cm³/mol. The molecule has 1 saturated heterocycles. The molecule has 3 atom stereocenters. The molecule has 1 heterocycles. The zero-order valence-corrected chi connectivity index (χ0v) is 12.0. The molecule has 5 heteroatoms. The van der Waals surface area contributed by atoms with E-state index in [1.165, 1.54) is 0 Å². The minimum absolute atomic E-state index is 0.138. The van der Waals surface area contributed by atoms with Crippen LogP contribution in [0.15, 0.2) is 0 Å². The van der Waals surface area contributed by atoms with Gasteiger partial charge in [0.25, 0.3) is 0 Å². The monoisotopic (exact) mass is 270 g/mol. The van der Waals surface area contributed by atoms with Crippen molar-refractivity contribution < 1.29 is 14.3 Å². The molecule has 0 radical (unpaired) electrons. The first-order valence-corrected chi connectivity index (χ1v) is 7.29. The largest absolute Gasteiger partial charge is 0.381 e. The van der Waals surface area contributed by atoms with Crippen molar-refractivity contribution in [2.24, 2.45) is 11.7 Å². The van der Waals surface area contributed by atoms with Gasteiger partial charge in [0, 0.05) is 25.0 Å². The Morgan fingerprint density at radius 1 is 1.53 bits per heavy atom. The second-order valence-corrected chi connectivity index (χ2v) is 6.17.